The lowest BCUT2D eigenvalue weighted by Crippen LogP contribution is -2.41. The molecule has 0 bridgehead atoms. The van der Waals surface area contributed by atoms with Crippen LogP contribution in [0.4, 0.5) is 0 Å². The Bertz CT molecular complexity index is 749. The molecule has 3 rings (SSSR count). The third-order valence-electron chi connectivity index (χ3n) is 3.84. The number of benzene rings is 2. The van der Waals surface area contributed by atoms with Crippen LogP contribution in [0.2, 0.25) is 0 Å². The van der Waals surface area contributed by atoms with Gasteiger partial charge in [-0.05, 0) is 11.1 Å². The zero-order valence-corrected chi connectivity index (χ0v) is 12.5. The number of hydrogen-bond acceptors (Lipinski definition) is 1. The average molecular weight is 288 g/mol. The van der Waals surface area contributed by atoms with Gasteiger partial charge in [0, 0.05) is 24.6 Å². The molecule has 1 aromatic heterocycles. The number of pyridine rings is 1. The molecule has 3 aromatic rings. The largest absolute Gasteiger partial charge is 0.287 e. The number of hydrogen-bond donors (Lipinski definition) is 0. The number of carbonyl (C=O) groups excluding carboxylic acids is 1. The second-order valence-corrected chi connectivity index (χ2v) is 5.31. The van der Waals surface area contributed by atoms with E-state index in [4.69, 9.17) is 0 Å². The van der Waals surface area contributed by atoms with Crippen molar-refractivity contribution >= 4 is 5.78 Å². The lowest BCUT2D eigenvalue weighted by Gasteiger charge is -2.07. The third kappa shape index (κ3) is 2.96. The normalized spacial score (nSPS) is 11.9. The molecular weight excluding hydrogens is 270 g/mol. The lowest BCUT2D eigenvalue weighted by molar-refractivity contribution is -0.704. The van der Waals surface area contributed by atoms with E-state index < -0.39 is 0 Å². The Labute approximate surface area is 130 Å². The van der Waals surface area contributed by atoms with E-state index in [0.717, 1.165) is 16.7 Å². The minimum atomic E-state index is -0.205. The molecule has 0 aliphatic heterocycles. The first-order valence-corrected chi connectivity index (χ1v) is 7.41. The molecule has 0 amide bonds. The highest BCUT2D eigenvalue weighted by Crippen LogP contribution is 2.20. The van der Waals surface area contributed by atoms with E-state index in [0.29, 0.717) is 0 Å². The predicted molar refractivity (Wildman–Crippen MR) is 87.6 cm³/mol. The molecule has 0 saturated heterocycles. The molecule has 1 atom stereocenters. The van der Waals surface area contributed by atoms with E-state index >= 15 is 0 Å². The van der Waals surface area contributed by atoms with E-state index in [1.807, 2.05) is 84.5 Å². The molecule has 22 heavy (non-hydrogen) atoms. The zero-order valence-electron chi connectivity index (χ0n) is 12.5. The summed E-state index contributed by atoms with van der Waals surface area (Å²) in [6.07, 6.45) is 3.84. The van der Waals surface area contributed by atoms with Crippen LogP contribution in [-0.2, 0) is 0 Å². The molecule has 0 fully saturated rings. The number of rotatable bonds is 4. The molecule has 0 radical (unpaired) electrons. The van der Waals surface area contributed by atoms with Gasteiger partial charge in [0.05, 0.1) is 0 Å². The van der Waals surface area contributed by atoms with Gasteiger partial charge < -0.3 is 0 Å². The molecule has 0 N–H and O–H groups in total. The van der Waals surface area contributed by atoms with Crippen molar-refractivity contribution in [2.75, 3.05) is 0 Å². The first-order valence-electron chi connectivity index (χ1n) is 7.41. The van der Waals surface area contributed by atoms with E-state index in [-0.39, 0.29) is 11.8 Å². The van der Waals surface area contributed by atoms with Gasteiger partial charge in [-0.25, -0.2) is 0 Å². The van der Waals surface area contributed by atoms with E-state index in [1.165, 1.54) is 0 Å². The fraction of sp³-hybridized carbons (Fsp3) is 0.100. The van der Waals surface area contributed by atoms with E-state index in [9.17, 15) is 4.79 Å². The summed E-state index contributed by atoms with van der Waals surface area (Å²) in [6, 6.07) is 23.6. The fourth-order valence-electron chi connectivity index (χ4n) is 2.50. The Balaban J connectivity index is 1.82. The molecule has 0 spiro atoms. The SMILES string of the molecule is C[C@H](C(=O)c1ccc(-c2ccccc2)cc1)[n+]1ccccc1. The van der Waals surface area contributed by atoms with Crippen molar-refractivity contribution in [3.8, 4) is 11.1 Å². The van der Waals surface area contributed by atoms with Crippen molar-refractivity contribution < 1.29 is 9.36 Å². The van der Waals surface area contributed by atoms with E-state index in [2.05, 4.69) is 12.1 Å². The lowest BCUT2D eigenvalue weighted by atomic mass is 10.00. The van der Waals surface area contributed by atoms with Crippen molar-refractivity contribution in [2.45, 2.75) is 13.0 Å². The third-order valence-corrected chi connectivity index (χ3v) is 3.84. The Morgan fingerprint density at radius 3 is 1.95 bits per heavy atom. The van der Waals surface area contributed by atoms with Crippen LogP contribution in [0.15, 0.2) is 85.2 Å². The second kappa shape index (κ2) is 6.35. The minimum absolute atomic E-state index is 0.121. The molecule has 108 valence electrons. The Hall–Kier alpha value is -2.74. The molecule has 0 saturated carbocycles. The maximum Gasteiger partial charge on any atom is 0.230 e. The molecule has 2 aromatic carbocycles. The first kappa shape index (κ1) is 14.2. The summed E-state index contributed by atoms with van der Waals surface area (Å²) in [4.78, 5) is 12.6. The summed E-state index contributed by atoms with van der Waals surface area (Å²) in [5.41, 5.74) is 3.02. The van der Waals surface area contributed by atoms with Crippen molar-refractivity contribution in [2.24, 2.45) is 0 Å². The Kier molecular flexibility index (Phi) is 4.10. The number of Topliss-reactive ketones (excluding diaryl/α,β-unsaturated/α-hetero) is 1. The van der Waals surface area contributed by atoms with Crippen LogP contribution in [-0.4, -0.2) is 5.78 Å². The summed E-state index contributed by atoms with van der Waals surface area (Å²) in [6.45, 7) is 1.92. The van der Waals surface area contributed by atoms with Crippen molar-refractivity contribution in [3.05, 3.63) is 90.8 Å². The van der Waals surface area contributed by atoms with Crippen molar-refractivity contribution in [3.63, 3.8) is 0 Å². The molecule has 2 heteroatoms. The Morgan fingerprint density at radius 2 is 1.32 bits per heavy atom. The van der Waals surface area contributed by atoms with Crippen LogP contribution in [0.5, 0.6) is 0 Å². The first-order chi connectivity index (χ1) is 10.8. The van der Waals surface area contributed by atoms with Crippen LogP contribution in [0, 0.1) is 0 Å². The van der Waals surface area contributed by atoms with Crippen LogP contribution in [0.3, 0.4) is 0 Å². The van der Waals surface area contributed by atoms with E-state index in [1.54, 1.807) is 0 Å². The number of aromatic nitrogens is 1. The zero-order chi connectivity index (χ0) is 15.4. The van der Waals surface area contributed by atoms with Crippen LogP contribution >= 0.6 is 0 Å². The van der Waals surface area contributed by atoms with Gasteiger partial charge >= 0.3 is 0 Å². The van der Waals surface area contributed by atoms with Gasteiger partial charge in [0.2, 0.25) is 11.8 Å². The number of ketones is 1. The molecule has 0 aliphatic carbocycles. The van der Waals surface area contributed by atoms with Crippen molar-refractivity contribution in [1.29, 1.82) is 0 Å². The summed E-state index contributed by atoms with van der Waals surface area (Å²) in [7, 11) is 0. The van der Waals surface area contributed by atoms with Gasteiger partial charge in [-0.3, -0.25) is 4.79 Å². The summed E-state index contributed by atoms with van der Waals surface area (Å²) < 4.78 is 1.92. The standard InChI is InChI=1S/C20H18NO/c1-16(21-14-6-3-7-15-21)20(22)19-12-10-18(11-13-19)17-8-4-2-5-9-17/h2-16H,1H3/q+1/t16-/m1/s1. The molecular formula is C20H18NO+. The van der Waals surface area contributed by atoms with Crippen LogP contribution < -0.4 is 4.57 Å². The maximum absolute atomic E-state index is 12.6. The average Bonchev–Trinajstić information content (AvgIpc) is 2.62. The second-order valence-electron chi connectivity index (χ2n) is 5.31. The molecule has 0 aliphatic rings. The van der Waals surface area contributed by atoms with Gasteiger partial charge in [-0.2, -0.15) is 4.57 Å². The highest BCUT2D eigenvalue weighted by molar-refractivity contribution is 5.98. The van der Waals surface area contributed by atoms with Gasteiger partial charge in [-0.15, -0.1) is 0 Å². The van der Waals surface area contributed by atoms with Crippen LogP contribution in [0.1, 0.15) is 23.3 Å². The van der Waals surface area contributed by atoms with Crippen molar-refractivity contribution in [1.82, 2.24) is 0 Å². The van der Waals surface area contributed by atoms with Crippen LogP contribution in [0.25, 0.3) is 11.1 Å². The quantitative estimate of drug-likeness (QED) is 0.523. The maximum atomic E-state index is 12.6. The van der Waals surface area contributed by atoms with Gasteiger partial charge in [0.1, 0.15) is 0 Å². The highest BCUT2D eigenvalue weighted by Gasteiger charge is 2.22. The monoisotopic (exact) mass is 288 g/mol. The van der Waals surface area contributed by atoms with Gasteiger partial charge in [0.25, 0.3) is 0 Å². The van der Waals surface area contributed by atoms with Gasteiger partial charge in [-0.1, -0.05) is 60.7 Å². The predicted octanol–water partition coefficient (Wildman–Crippen LogP) is 4.09. The summed E-state index contributed by atoms with van der Waals surface area (Å²) in [5, 5.41) is 0. The number of carbonyl (C=O) groups is 1. The molecule has 1 heterocycles. The summed E-state index contributed by atoms with van der Waals surface area (Å²) >= 11 is 0. The minimum Gasteiger partial charge on any atom is -0.287 e. The topological polar surface area (TPSA) is 20.9 Å². The highest BCUT2D eigenvalue weighted by atomic mass is 16.1. The molecule has 0 unspecified atom stereocenters. The Morgan fingerprint density at radius 1 is 0.773 bits per heavy atom. The van der Waals surface area contributed by atoms with Gasteiger partial charge in [0.15, 0.2) is 12.4 Å². The molecule has 2 nitrogen and oxygen atoms in total. The summed E-state index contributed by atoms with van der Waals surface area (Å²) in [5.74, 6) is 0.121. The number of nitrogens with zero attached hydrogens (tertiary/aromatic N) is 1. The fourth-order valence-corrected chi connectivity index (χ4v) is 2.50. The smallest absolute Gasteiger partial charge is 0.230 e.